The van der Waals surface area contributed by atoms with Gasteiger partial charge in [0.05, 0.1) is 17.4 Å². The molecule has 1 N–H and O–H groups in total. The summed E-state index contributed by atoms with van der Waals surface area (Å²) in [6, 6.07) is 15.6. The average Bonchev–Trinajstić information content (AvgIpc) is 2.63. The zero-order valence-corrected chi connectivity index (χ0v) is 13.8. The van der Waals surface area contributed by atoms with E-state index in [0.717, 1.165) is 11.1 Å². The van der Waals surface area contributed by atoms with Crippen molar-refractivity contribution in [3.05, 3.63) is 77.9 Å². The van der Waals surface area contributed by atoms with Crippen LogP contribution in [-0.4, -0.2) is 13.7 Å². The van der Waals surface area contributed by atoms with E-state index in [1.165, 1.54) is 12.1 Å². The predicted molar refractivity (Wildman–Crippen MR) is 94.3 cm³/mol. The molecule has 0 amide bonds. The minimum absolute atomic E-state index is 0.182. The largest absolute Gasteiger partial charge is 0.306 e. The van der Waals surface area contributed by atoms with Crippen LogP contribution in [0, 0.1) is 17.1 Å². The van der Waals surface area contributed by atoms with Crippen LogP contribution in [0.5, 0.6) is 0 Å². The highest BCUT2D eigenvalue weighted by Crippen LogP contribution is 2.32. The van der Waals surface area contributed by atoms with Gasteiger partial charge in [0, 0.05) is 23.5 Å². The lowest BCUT2D eigenvalue weighted by molar-refractivity contribution is 0.559. The van der Waals surface area contributed by atoms with Gasteiger partial charge in [-0.15, -0.1) is 0 Å². The second-order valence-electron chi connectivity index (χ2n) is 5.39. The third-order valence-corrected chi connectivity index (χ3v) is 4.32. The average molecular weight is 352 g/mol. The van der Waals surface area contributed by atoms with E-state index in [1.807, 2.05) is 6.07 Å². The third kappa shape index (κ3) is 3.79. The molecule has 6 heteroatoms. The minimum atomic E-state index is -2.10. The van der Waals surface area contributed by atoms with Crippen LogP contribution in [0.15, 0.2) is 60.9 Å². The van der Waals surface area contributed by atoms with Crippen molar-refractivity contribution in [2.75, 3.05) is 0 Å². The van der Waals surface area contributed by atoms with E-state index >= 15 is 0 Å². The first-order valence-electron chi connectivity index (χ1n) is 7.39. The quantitative estimate of drug-likeness (QED) is 0.716. The molecule has 3 aromatic rings. The van der Waals surface area contributed by atoms with Gasteiger partial charge in [0.1, 0.15) is 5.82 Å². The van der Waals surface area contributed by atoms with Crippen LogP contribution in [0.2, 0.25) is 0 Å². The maximum absolute atomic E-state index is 14.2. The van der Waals surface area contributed by atoms with Gasteiger partial charge in [-0.05, 0) is 41.0 Å². The van der Waals surface area contributed by atoms with Crippen LogP contribution in [0.4, 0.5) is 4.39 Å². The Kier molecular flexibility index (Phi) is 4.98. The molecule has 0 radical (unpaired) electrons. The molecule has 1 atom stereocenters. The molecule has 0 bridgehead atoms. The molecule has 0 aliphatic carbocycles. The summed E-state index contributed by atoms with van der Waals surface area (Å²) in [5.74, 6) is -0.795. The molecule has 0 aliphatic rings. The smallest absolute Gasteiger partial charge is 0.157 e. The molecule has 0 saturated heterocycles. The van der Waals surface area contributed by atoms with Crippen molar-refractivity contribution >= 4 is 11.1 Å². The SMILES string of the molecule is N#Cc1cccc(-c2ccncc2-c2ccc(CS(=O)O)c(F)c2)c1. The van der Waals surface area contributed by atoms with Gasteiger partial charge in [0.15, 0.2) is 11.1 Å². The first-order valence-corrected chi connectivity index (χ1v) is 8.67. The summed E-state index contributed by atoms with van der Waals surface area (Å²) in [5.41, 5.74) is 3.69. The molecule has 2 aromatic carbocycles. The van der Waals surface area contributed by atoms with E-state index in [0.29, 0.717) is 16.7 Å². The third-order valence-electron chi connectivity index (χ3n) is 3.77. The van der Waals surface area contributed by atoms with Crippen LogP contribution in [0.25, 0.3) is 22.3 Å². The van der Waals surface area contributed by atoms with Crippen molar-refractivity contribution in [1.82, 2.24) is 4.98 Å². The number of hydrogen-bond acceptors (Lipinski definition) is 3. The molecule has 1 aromatic heterocycles. The fraction of sp³-hybridized carbons (Fsp3) is 0.0526. The van der Waals surface area contributed by atoms with Gasteiger partial charge in [-0.1, -0.05) is 24.3 Å². The topological polar surface area (TPSA) is 74.0 Å². The molecule has 1 heterocycles. The number of pyridine rings is 1. The number of halogens is 1. The van der Waals surface area contributed by atoms with E-state index < -0.39 is 16.9 Å². The monoisotopic (exact) mass is 352 g/mol. The fourth-order valence-electron chi connectivity index (χ4n) is 2.60. The molecular formula is C19H13FN2O2S. The maximum atomic E-state index is 14.2. The summed E-state index contributed by atoms with van der Waals surface area (Å²) in [6.45, 7) is 0. The summed E-state index contributed by atoms with van der Waals surface area (Å²) >= 11 is -2.10. The van der Waals surface area contributed by atoms with Gasteiger partial charge < -0.3 is 4.55 Å². The zero-order chi connectivity index (χ0) is 17.8. The summed E-state index contributed by atoms with van der Waals surface area (Å²) in [6.07, 6.45) is 3.27. The van der Waals surface area contributed by atoms with Crippen molar-refractivity contribution in [2.24, 2.45) is 0 Å². The first kappa shape index (κ1) is 17.0. The number of rotatable bonds is 4. The second-order valence-corrected chi connectivity index (χ2v) is 6.32. The summed E-state index contributed by atoms with van der Waals surface area (Å²) in [4.78, 5) is 4.11. The van der Waals surface area contributed by atoms with Crippen molar-refractivity contribution in [2.45, 2.75) is 5.75 Å². The predicted octanol–water partition coefficient (Wildman–Crippen LogP) is 4.15. The number of benzene rings is 2. The van der Waals surface area contributed by atoms with Crippen LogP contribution in [-0.2, 0) is 16.8 Å². The molecule has 0 aliphatic heterocycles. The van der Waals surface area contributed by atoms with Crippen molar-refractivity contribution in [3.63, 3.8) is 0 Å². The highest BCUT2D eigenvalue weighted by atomic mass is 32.2. The molecule has 4 nitrogen and oxygen atoms in total. The van der Waals surface area contributed by atoms with Crippen LogP contribution < -0.4 is 0 Å². The Morgan fingerprint density at radius 3 is 2.64 bits per heavy atom. The number of aromatic nitrogens is 1. The van der Waals surface area contributed by atoms with Gasteiger partial charge in [0.25, 0.3) is 0 Å². The number of hydrogen-bond donors (Lipinski definition) is 1. The van der Waals surface area contributed by atoms with E-state index in [4.69, 9.17) is 9.81 Å². The lowest BCUT2D eigenvalue weighted by atomic mass is 9.95. The maximum Gasteiger partial charge on any atom is 0.157 e. The normalized spacial score (nSPS) is 11.7. The Hall–Kier alpha value is -2.88. The van der Waals surface area contributed by atoms with Gasteiger partial charge in [-0.2, -0.15) is 5.26 Å². The first-order chi connectivity index (χ1) is 12.1. The molecule has 0 saturated carbocycles. The minimum Gasteiger partial charge on any atom is -0.306 e. The van der Waals surface area contributed by atoms with Gasteiger partial charge >= 0.3 is 0 Å². The van der Waals surface area contributed by atoms with Crippen molar-refractivity contribution in [3.8, 4) is 28.3 Å². The lowest BCUT2D eigenvalue weighted by Gasteiger charge is -2.11. The molecule has 1 unspecified atom stereocenters. The molecule has 3 rings (SSSR count). The van der Waals surface area contributed by atoms with Crippen molar-refractivity contribution in [1.29, 1.82) is 5.26 Å². The number of nitriles is 1. The Morgan fingerprint density at radius 1 is 1.12 bits per heavy atom. The highest BCUT2D eigenvalue weighted by Gasteiger charge is 2.12. The lowest BCUT2D eigenvalue weighted by Crippen LogP contribution is -1.97. The summed E-state index contributed by atoms with van der Waals surface area (Å²) in [7, 11) is 0. The van der Waals surface area contributed by atoms with Gasteiger partial charge in [-0.3, -0.25) is 4.98 Å². The van der Waals surface area contributed by atoms with Crippen LogP contribution >= 0.6 is 0 Å². The van der Waals surface area contributed by atoms with Crippen LogP contribution in [0.1, 0.15) is 11.1 Å². The molecular weight excluding hydrogens is 339 g/mol. The molecule has 0 spiro atoms. The van der Waals surface area contributed by atoms with Gasteiger partial charge in [0.2, 0.25) is 0 Å². The second kappa shape index (κ2) is 7.34. The molecule has 124 valence electrons. The number of nitrogens with zero attached hydrogens (tertiary/aromatic N) is 2. The van der Waals surface area contributed by atoms with E-state index in [1.54, 1.807) is 42.7 Å². The molecule has 25 heavy (non-hydrogen) atoms. The van der Waals surface area contributed by atoms with E-state index in [9.17, 15) is 8.60 Å². The summed E-state index contributed by atoms with van der Waals surface area (Å²) in [5, 5.41) is 9.08. The standard InChI is InChI=1S/C19H13FN2O2S/c20-19-9-15(4-5-16(19)12-25(23)24)18-11-22-7-6-17(18)14-3-1-2-13(8-14)10-21/h1-9,11H,12H2,(H,23,24). The Bertz CT molecular complexity index is 999. The van der Waals surface area contributed by atoms with Crippen LogP contribution in [0.3, 0.4) is 0 Å². The van der Waals surface area contributed by atoms with E-state index in [2.05, 4.69) is 11.1 Å². The Labute approximate surface area is 146 Å². The van der Waals surface area contributed by atoms with E-state index in [-0.39, 0.29) is 11.3 Å². The van der Waals surface area contributed by atoms with Crippen molar-refractivity contribution < 1.29 is 13.2 Å². The fourth-order valence-corrected chi connectivity index (χ4v) is 3.10. The summed E-state index contributed by atoms with van der Waals surface area (Å²) < 4.78 is 34.1. The Balaban J connectivity index is 2.08. The Morgan fingerprint density at radius 2 is 1.92 bits per heavy atom. The highest BCUT2D eigenvalue weighted by molar-refractivity contribution is 7.78. The zero-order valence-electron chi connectivity index (χ0n) is 13.0. The van der Waals surface area contributed by atoms with Gasteiger partial charge in [-0.25, -0.2) is 8.60 Å². The molecule has 0 fully saturated rings.